The van der Waals surface area contributed by atoms with Gasteiger partial charge in [-0.3, -0.25) is 14.9 Å². The van der Waals surface area contributed by atoms with E-state index in [9.17, 15) is 0 Å². The predicted molar refractivity (Wildman–Crippen MR) is 124 cm³/mol. The van der Waals surface area contributed by atoms with Crippen molar-refractivity contribution >= 4 is 0 Å². The Morgan fingerprint density at radius 1 is 1.06 bits per heavy atom. The molecule has 2 N–H and O–H groups in total. The lowest BCUT2D eigenvalue weighted by molar-refractivity contribution is 0.140. The normalized spacial score (nSPS) is 24.0. The van der Waals surface area contributed by atoms with Gasteiger partial charge >= 0.3 is 0 Å². The molecule has 3 aliphatic rings. The third-order valence-corrected chi connectivity index (χ3v) is 7.20. The third-order valence-electron chi connectivity index (χ3n) is 7.20. The highest BCUT2D eigenvalue weighted by atomic mass is 15.2. The van der Waals surface area contributed by atoms with Crippen LogP contribution in [0.1, 0.15) is 47.8 Å². The molecule has 0 spiro atoms. The molecule has 2 aromatic heterocycles. The average Bonchev–Trinajstić information content (AvgIpc) is 2.84. The lowest BCUT2D eigenvalue weighted by Gasteiger charge is -2.39. The highest BCUT2D eigenvalue weighted by Gasteiger charge is 2.30. The predicted octanol–water partition coefficient (Wildman–Crippen LogP) is 2.17. The molecule has 1 aliphatic carbocycles. The van der Waals surface area contributed by atoms with E-state index in [-0.39, 0.29) is 0 Å². The zero-order chi connectivity index (χ0) is 20.9. The topological polar surface area (TPSA) is 56.3 Å². The first-order chi connectivity index (χ1) is 15.4. The molecule has 31 heavy (non-hydrogen) atoms. The molecule has 0 radical (unpaired) electrons. The summed E-state index contributed by atoms with van der Waals surface area (Å²) in [6, 6.07) is 9.54. The molecule has 6 nitrogen and oxygen atoms in total. The first-order valence-corrected chi connectivity index (χ1v) is 12.1. The van der Waals surface area contributed by atoms with Crippen LogP contribution in [0, 0.1) is 0 Å². The van der Waals surface area contributed by atoms with Crippen molar-refractivity contribution in [3.05, 3.63) is 59.2 Å². The molecule has 1 saturated heterocycles. The van der Waals surface area contributed by atoms with Crippen molar-refractivity contribution in [3.8, 4) is 0 Å². The van der Waals surface area contributed by atoms with Crippen LogP contribution in [-0.4, -0.2) is 71.6 Å². The van der Waals surface area contributed by atoms with Gasteiger partial charge in [0.05, 0.1) is 11.7 Å². The van der Waals surface area contributed by atoms with Crippen molar-refractivity contribution in [1.82, 2.24) is 30.4 Å². The van der Waals surface area contributed by atoms with E-state index in [1.165, 1.54) is 67.8 Å². The van der Waals surface area contributed by atoms with Gasteiger partial charge in [0, 0.05) is 76.4 Å². The van der Waals surface area contributed by atoms with E-state index >= 15 is 0 Å². The third kappa shape index (κ3) is 5.14. The maximum atomic E-state index is 4.86. The molecule has 0 amide bonds. The van der Waals surface area contributed by atoms with Gasteiger partial charge < -0.3 is 15.5 Å². The van der Waals surface area contributed by atoms with Gasteiger partial charge in [-0.1, -0.05) is 12.1 Å². The van der Waals surface area contributed by atoms with E-state index < -0.39 is 0 Å². The Labute approximate surface area is 186 Å². The van der Waals surface area contributed by atoms with Crippen LogP contribution in [0.3, 0.4) is 0 Å². The van der Waals surface area contributed by atoms with E-state index in [2.05, 4.69) is 43.6 Å². The maximum absolute atomic E-state index is 4.86. The number of pyridine rings is 2. The van der Waals surface area contributed by atoms with Gasteiger partial charge in [-0.2, -0.15) is 0 Å². The number of nitrogens with one attached hydrogen (secondary N) is 2. The molecule has 6 heteroatoms. The van der Waals surface area contributed by atoms with Gasteiger partial charge in [0.2, 0.25) is 0 Å². The van der Waals surface area contributed by atoms with Gasteiger partial charge in [-0.05, 0) is 55.5 Å². The fourth-order valence-corrected chi connectivity index (χ4v) is 5.53. The Balaban J connectivity index is 1.28. The van der Waals surface area contributed by atoms with Crippen LogP contribution in [0.5, 0.6) is 0 Å². The molecule has 0 saturated carbocycles. The largest absolute Gasteiger partial charge is 0.314 e. The Bertz CT molecular complexity index is 849. The Morgan fingerprint density at radius 2 is 1.90 bits per heavy atom. The number of rotatable bonds is 7. The number of aromatic nitrogens is 2. The number of nitrogens with zero attached hydrogens (tertiary/aromatic N) is 4. The van der Waals surface area contributed by atoms with E-state index in [1.54, 1.807) is 0 Å². The molecule has 2 aliphatic heterocycles. The molecule has 2 atom stereocenters. The molecular formula is C25H36N6. The van der Waals surface area contributed by atoms with E-state index in [0.29, 0.717) is 12.1 Å². The summed E-state index contributed by atoms with van der Waals surface area (Å²) in [6.45, 7) is 8.95. The van der Waals surface area contributed by atoms with Crippen LogP contribution in [0.25, 0.3) is 0 Å². The molecule has 2 aromatic rings. The smallest absolute Gasteiger partial charge is 0.0607 e. The van der Waals surface area contributed by atoms with Gasteiger partial charge in [0.1, 0.15) is 0 Å². The average molecular weight is 421 g/mol. The second-order valence-electron chi connectivity index (χ2n) is 9.29. The zero-order valence-electron chi connectivity index (χ0n) is 18.6. The van der Waals surface area contributed by atoms with Gasteiger partial charge in [0.25, 0.3) is 0 Å². The molecule has 0 bridgehead atoms. The van der Waals surface area contributed by atoms with E-state index in [4.69, 9.17) is 4.98 Å². The van der Waals surface area contributed by atoms with Crippen molar-refractivity contribution in [3.63, 3.8) is 0 Å². The molecule has 166 valence electrons. The van der Waals surface area contributed by atoms with Crippen molar-refractivity contribution < 1.29 is 0 Å². The molecular weight excluding hydrogens is 384 g/mol. The molecule has 0 aromatic carbocycles. The Hall–Kier alpha value is -1.86. The van der Waals surface area contributed by atoms with Crippen LogP contribution < -0.4 is 10.6 Å². The summed E-state index contributed by atoms with van der Waals surface area (Å²) < 4.78 is 0. The minimum Gasteiger partial charge on any atom is -0.314 e. The van der Waals surface area contributed by atoms with Crippen LogP contribution in [0.15, 0.2) is 36.7 Å². The number of fused-ring (bicyclic) bond motifs is 2. The molecule has 0 unspecified atom stereocenters. The first kappa shape index (κ1) is 21.0. The summed E-state index contributed by atoms with van der Waals surface area (Å²) in [7, 11) is 0. The van der Waals surface area contributed by atoms with Crippen molar-refractivity contribution in [2.75, 3.05) is 45.8 Å². The van der Waals surface area contributed by atoms with E-state index in [1.807, 2.05) is 18.5 Å². The second kappa shape index (κ2) is 10.2. The summed E-state index contributed by atoms with van der Waals surface area (Å²) in [5, 5.41) is 7.25. The lowest BCUT2D eigenvalue weighted by Crippen LogP contribution is -2.48. The summed E-state index contributed by atoms with van der Waals surface area (Å²) >= 11 is 0. The highest BCUT2D eigenvalue weighted by Crippen LogP contribution is 2.33. The summed E-state index contributed by atoms with van der Waals surface area (Å²) in [5.41, 5.74) is 5.41. The number of hydrogen-bond acceptors (Lipinski definition) is 6. The van der Waals surface area contributed by atoms with Gasteiger partial charge in [0.15, 0.2) is 0 Å². The fraction of sp³-hybridized carbons (Fsp3) is 0.600. The first-order valence-electron chi connectivity index (χ1n) is 12.1. The number of aryl methyl sites for hydroxylation is 1. The minimum atomic E-state index is 0.444. The van der Waals surface area contributed by atoms with Gasteiger partial charge in [-0.25, -0.2) is 0 Å². The van der Waals surface area contributed by atoms with Crippen LogP contribution in [0.4, 0.5) is 0 Å². The fourth-order valence-electron chi connectivity index (χ4n) is 5.53. The Kier molecular flexibility index (Phi) is 6.89. The molecule has 4 heterocycles. The zero-order valence-corrected chi connectivity index (χ0v) is 18.6. The van der Waals surface area contributed by atoms with Crippen molar-refractivity contribution in [2.24, 2.45) is 0 Å². The standard InChI is InChI=1S/C25H36N6/c1-5-20-6-2-10-28-25(20)24(8-1)31(14-4-13-30-15-11-26-12-16-30)19-22-17-23-21(18-29-22)7-3-9-27-23/h2-3,6-7,9-10,22,24,26,29H,1,4-5,8,11-19H2/t22-,24+/m1/s1. The van der Waals surface area contributed by atoms with Crippen molar-refractivity contribution in [1.29, 1.82) is 0 Å². The van der Waals surface area contributed by atoms with Gasteiger partial charge in [-0.15, -0.1) is 0 Å². The monoisotopic (exact) mass is 420 g/mol. The lowest BCUT2D eigenvalue weighted by atomic mass is 9.90. The highest BCUT2D eigenvalue weighted by molar-refractivity contribution is 5.26. The minimum absolute atomic E-state index is 0.444. The van der Waals surface area contributed by atoms with E-state index in [0.717, 1.165) is 39.1 Å². The molecule has 5 rings (SSSR count). The summed E-state index contributed by atoms with van der Waals surface area (Å²) in [6.07, 6.45) is 9.82. The number of hydrogen-bond donors (Lipinski definition) is 2. The van der Waals surface area contributed by atoms with Crippen LogP contribution >= 0.6 is 0 Å². The quantitative estimate of drug-likeness (QED) is 0.716. The van der Waals surface area contributed by atoms with Crippen LogP contribution in [0.2, 0.25) is 0 Å². The van der Waals surface area contributed by atoms with Crippen molar-refractivity contribution in [2.45, 2.75) is 50.7 Å². The second-order valence-corrected chi connectivity index (χ2v) is 9.29. The SMILES string of the molecule is c1cnc2c(c1)CN[C@@H](CN(CCCN1CCNCC1)[C@H]1CCCc3cccnc31)C2. The number of piperazine rings is 1. The Morgan fingerprint density at radius 3 is 2.81 bits per heavy atom. The summed E-state index contributed by atoms with van der Waals surface area (Å²) in [4.78, 5) is 14.9. The maximum Gasteiger partial charge on any atom is 0.0607 e. The van der Waals surface area contributed by atoms with Crippen LogP contribution in [-0.2, 0) is 19.4 Å². The molecule has 1 fully saturated rings. The summed E-state index contributed by atoms with van der Waals surface area (Å²) in [5.74, 6) is 0.